The molecule has 6 heteroatoms. The van der Waals surface area contributed by atoms with E-state index in [-0.39, 0.29) is 17.3 Å². The third-order valence-corrected chi connectivity index (χ3v) is 6.11. The molecule has 0 bridgehead atoms. The highest BCUT2D eigenvalue weighted by Gasteiger charge is 2.39. The van der Waals surface area contributed by atoms with E-state index in [1.165, 1.54) is 55.9 Å². The predicted octanol–water partition coefficient (Wildman–Crippen LogP) is 2.21. The number of nitrogens with one attached hydrogen (secondary N) is 1. The van der Waals surface area contributed by atoms with E-state index in [1.807, 2.05) is 7.05 Å². The highest BCUT2D eigenvalue weighted by molar-refractivity contribution is 7.16. The van der Waals surface area contributed by atoms with E-state index in [4.69, 9.17) is 0 Å². The van der Waals surface area contributed by atoms with Crippen molar-refractivity contribution >= 4 is 34.0 Å². The van der Waals surface area contributed by atoms with Crippen LogP contribution < -0.4 is 10.2 Å². The molecule has 4 nitrogen and oxygen atoms in total. The average molecular weight is 340 g/mol. The zero-order valence-electron chi connectivity index (χ0n) is 12.8. The highest BCUT2D eigenvalue weighted by atomic mass is 35.5. The number of nitrogens with zero attached hydrogens (tertiary/aromatic N) is 2. The standard InChI is InChI=1S/C16H21N3OS.ClH/c1-18-13-3-2-12(8-14(13)21-15(18)20)9-19-7-5-16(11-19)4-6-17-10-16;/h2-3,8,17H,4-7,9-11H2,1H3;1H. The van der Waals surface area contributed by atoms with Crippen LogP contribution in [0.2, 0.25) is 0 Å². The summed E-state index contributed by atoms with van der Waals surface area (Å²) in [6, 6.07) is 6.46. The average Bonchev–Trinajstić information content (AvgIpc) is 3.15. The Morgan fingerprint density at radius 2 is 2.23 bits per heavy atom. The molecule has 1 aromatic heterocycles. The minimum Gasteiger partial charge on any atom is -0.316 e. The SMILES string of the molecule is Cl.Cn1c(=O)sc2cc(CN3CCC4(CCNC4)C3)ccc21. The smallest absolute Gasteiger partial charge is 0.307 e. The van der Waals surface area contributed by atoms with Crippen molar-refractivity contribution < 1.29 is 0 Å². The van der Waals surface area contributed by atoms with Crippen molar-refractivity contribution in [3.05, 3.63) is 33.4 Å². The lowest BCUT2D eigenvalue weighted by Gasteiger charge is -2.22. The van der Waals surface area contributed by atoms with Crippen molar-refractivity contribution in [2.45, 2.75) is 19.4 Å². The van der Waals surface area contributed by atoms with E-state index in [2.05, 4.69) is 28.4 Å². The number of hydrogen-bond acceptors (Lipinski definition) is 4. The van der Waals surface area contributed by atoms with Gasteiger partial charge in [0.15, 0.2) is 0 Å². The van der Waals surface area contributed by atoms with Crippen LogP contribution in [0.4, 0.5) is 0 Å². The van der Waals surface area contributed by atoms with Crippen LogP contribution in [0.1, 0.15) is 18.4 Å². The summed E-state index contributed by atoms with van der Waals surface area (Å²) in [6.45, 7) is 5.78. The molecule has 2 aliphatic heterocycles. The maximum atomic E-state index is 11.7. The Hall–Kier alpha value is -0.880. The van der Waals surface area contributed by atoms with Gasteiger partial charge in [-0.3, -0.25) is 9.69 Å². The zero-order valence-corrected chi connectivity index (χ0v) is 14.4. The van der Waals surface area contributed by atoms with E-state index in [1.54, 1.807) is 4.57 Å². The number of aromatic nitrogens is 1. The minimum atomic E-state index is 0. The van der Waals surface area contributed by atoms with Crippen LogP contribution in [0.5, 0.6) is 0 Å². The third kappa shape index (κ3) is 2.71. The van der Waals surface area contributed by atoms with Gasteiger partial charge < -0.3 is 9.88 Å². The van der Waals surface area contributed by atoms with Crippen LogP contribution in [0.25, 0.3) is 10.2 Å². The maximum absolute atomic E-state index is 11.7. The summed E-state index contributed by atoms with van der Waals surface area (Å²) in [7, 11) is 1.85. The first-order valence-electron chi connectivity index (χ1n) is 7.67. The van der Waals surface area contributed by atoms with Gasteiger partial charge in [0.25, 0.3) is 0 Å². The Balaban J connectivity index is 0.00000144. The third-order valence-electron chi connectivity index (χ3n) is 5.11. The molecule has 4 rings (SSSR count). The maximum Gasteiger partial charge on any atom is 0.307 e. The van der Waals surface area contributed by atoms with Gasteiger partial charge in [0.05, 0.1) is 10.2 Å². The van der Waals surface area contributed by atoms with E-state index in [0.717, 1.165) is 16.8 Å². The molecule has 0 amide bonds. The van der Waals surface area contributed by atoms with Crippen molar-refractivity contribution in [1.29, 1.82) is 0 Å². The van der Waals surface area contributed by atoms with E-state index in [9.17, 15) is 4.79 Å². The van der Waals surface area contributed by atoms with Gasteiger partial charge >= 0.3 is 4.87 Å². The molecular formula is C16H22ClN3OS. The second kappa shape index (κ2) is 5.96. The van der Waals surface area contributed by atoms with Crippen LogP contribution in [0.3, 0.4) is 0 Å². The molecule has 0 saturated carbocycles. The number of benzene rings is 1. The van der Waals surface area contributed by atoms with Gasteiger partial charge in [-0.25, -0.2) is 0 Å². The fraction of sp³-hybridized carbons (Fsp3) is 0.562. The Kier molecular flexibility index (Phi) is 4.34. The molecule has 1 aromatic carbocycles. The summed E-state index contributed by atoms with van der Waals surface area (Å²) in [4.78, 5) is 14.4. The Bertz CT molecular complexity index is 733. The number of rotatable bonds is 2. The second-order valence-electron chi connectivity index (χ2n) is 6.62. The summed E-state index contributed by atoms with van der Waals surface area (Å²) in [5.74, 6) is 0. The molecule has 1 spiro atoms. The summed E-state index contributed by atoms with van der Waals surface area (Å²) < 4.78 is 2.84. The van der Waals surface area contributed by atoms with Crippen molar-refractivity contribution in [1.82, 2.24) is 14.8 Å². The topological polar surface area (TPSA) is 37.3 Å². The van der Waals surface area contributed by atoms with Crippen LogP contribution in [-0.2, 0) is 13.6 Å². The molecule has 2 aromatic rings. The molecule has 0 aliphatic carbocycles. The predicted molar refractivity (Wildman–Crippen MR) is 94.1 cm³/mol. The number of thiazole rings is 1. The number of hydrogen-bond donors (Lipinski definition) is 1. The molecule has 22 heavy (non-hydrogen) atoms. The van der Waals surface area contributed by atoms with Gasteiger partial charge in [-0.1, -0.05) is 17.4 Å². The monoisotopic (exact) mass is 339 g/mol. The molecular weight excluding hydrogens is 318 g/mol. The van der Waals surface area contributed by atoms with Gasteiger partial charge in [0.1, 0.15) is 0 Å². The van der Waals surface area contributed by atoms with Crippen molar-refractivity contribution in [3.63, 3.8) is 0 Å². The van der Waals surface area contributed by atoms with Gasteiger partial charge in [0.2, 0.25) is 0 Å². The molecule has 3 heterocycles. The minimum absolute atomic E-state index is 0. The summed E-state index contributed by atoms with van der Waals surface area (Å²) in [5, 5.41) is 3.51. The molecule has 2 saturated heterocycles. The molecule has 1 N–H and O–H groups in total. The summed E-state index contributed by atoms with van der Waals surface area (Å²) in [6.07, 6.45) is 2.64. The van der Waals surface area contributed by atoms with Gasteiger partial charge in [-0.15, -0.1) is 12.4 Å². The first kappa shape index (κ1) is 16.0. The molecule has 2 aliphatic rings. The van der Waals surface area contributed by atoms with Gasteiger partial charge in [-0.2, -0.15) is 0 Å². The summed E-state index contributed by atoms with van der Waals surface area (Å²) in [5.41, 5.74) is 2.90. The van der Waals surface area contributed by atoms with E-state index in [0.29, 0.717) is 5.41 Å². The Labute approximate surface area is 140 Å². The Morgan fingerprint density at radius 3 is 3.00 bits per heavy atom. The number of fused-ring (bicyclic) bond motifs is 1. The lowest BCUT2D eigenvalue weighted by molar-refractivity contribution is 0.269. The zero-order chi connectivity index (χ0) is 14.4. The van der Waals surface area contributed by atoms with E-state index >= 15 is 0 Å². The van der Waals surface area contributed by atoms with Crippen molar-refractivity contribution in [2.24, 2.45) is 12.5 Å². The lowest BCUT2D eigenvalue weighted by Crippen LogP contribution is -2.28. The number of likely N-dealkylation sites (tertiary alicyclic amines) is 1. The van der Waals surface area contributed by atoms with Crippen molar-refractivity contribution in [3.8, 4) is 0 Å². The summed E-state index contributed by atoms with van der Waals surface area (Å²) >= 11 is 1.35. The van der Waals surface area contributed by atoms with Crippen LogP contribution in [-0.4, -0.2) is 35.6 Å². The van der Waals surface area contributed by atoms with Crippen LogP contribution in [0, 0.1) is 5.41 Å². The van der Waals surface area contributed by atoms with Crippen LogP contribution >= 0.6 is 23.7 Å². The highest BCUT2D eigenvalue weighted by Crippen LogP contribution is 2.36. The number of aryl methyl sites for hydroxylation is 1. The second-order valence-corrected chi connectivity index (χ2v) is 7.61. The molecule has 2 fully saturated rings. The fourth-order valence-corrected chi connectivity index (χ4v) is 4.78. The number of halogens is 1. The molecule has 0 radical (unpaired) electrons. The van der Waals surface area contributed by atoms with Gasteiger partial charge in [0, 0.05) is 26.7 Å². The molecule has 1 unspecified atom stereocenters. The van der Waals surface area contributed by atoms with Crippen molar-refractivity contribution in [2.75, 3.05) is 26.2 Å². The van der Waals surface area contributed by atoms with Crippen LogP contribution in [0.15, 0.2) is 23.0 Å². The fourth-order valence-electron chi connectivity index (χ4n) is 3.84. The van der Waals surface area contributed by atoms with Gasteiger partial charge in [-0.05, 0) is 49.0 Å². The lowest BCUT2D eigenvalue weighted by atomic mass is 9.86. The molecule has 120 valence electrons. The quantitative estimate of drug-likeness (QED) is 0.911. The molecule has 1 atom stereocenters. The Morgan fingerprint density at radius 1 is 1.36 bits per heavy atom. The normalized spacial score (nSPS) is 25.1. The first-order valence-corrected chi connectivity index (χ1v) is 8.48. The van der Waals surface area contributed by atoms with E-state index < -0.39 is 0 Å². The largest absolute Gasteiger partial charge is 0.316 e. The first-order chi connectivity index (χ1) is 10.2.